The molecule has 2 aromatic carbocycles. The summed E-state index contributed by atoms with van der Waals surface area (Å²) < 4.78 is 13.9. The van der Waals surface area contributed by atoms with E-state index in [1.54, 1.807) is 12.1 Å². The van der Waals surface area contributed by atoms with Crippen LogP contribution in [-0.2, 0) is 5.41 Å². The average Bonchev–Trinajstić information content (AvgIpc) is 3.14. The molecule has 0 spiro atoms. The number of hydrogen-bond donors (Lipinski definition) is 2. The van der Waals surface area contributed by atoms with Crippen molar-refractivity contribution in [3.63, 3.8) is 0 Å². The molecule has 0 atom stereocenters. The summed E-state index contributed by atoms with van der Waals surface area (Å²) in [7, 11) is 0. The highest BCUT2D eigenvalue weighted by Gasteiger charge is 2.37. The molecule has 0 radical (unpaired) electrons. The second-order valence-electron chi connectivity index (χ2n) is 6.34. The first-order valence-electron chi connectivity index (χ1n) is 8.52. The van der Waals surface area contributed by atoms with Crippen molar-refractivity contribution in [2.45, 2.75) is 18.3 Å². The lowest BCUT2D eigenvalue weighted by Gasteiger charge is -2.37. The van der Waals surface area contributed by atoms with Gasteiger partial charge in [0.15, 0.2) is 5.13 Å². The van der Waals surface area contributed by atoms with Crippen LogP contribution in [0.4, 0.5) is 15.2 Å². The first-order chi connectivity index (χ1) is 12.3. The van der Waals surface area contributed by atoms with Gasteiger partial charge in [-0.25, -0.2) is 9.37 Å². The van der Waals surface area contributed by atoms with Crippen molar-refractivity contribution in [2.75, 3.05) is 18.4 Å². The third kappa shape index (κ3) is 3.17. The Morgan fingerprint density at radius 3 is 2.48 bits per heavy atom. The lowest BCUT2D eigenvalue weighted by molar-refractivity contribution is 0.356. The SMILES string of the molecule is Fc1ccccc1Nc1nc(C2(c3ccccc3)CCNCC2)cs1. The number of hydrogen-bond acceptors (Lipinski definition) is 4. The van der Waals surface area contributed by atoms with E-state index in [-0.39, 0.29) is 11.2 Å². The Morgan fingerprint density at radius 2 is 1.72 bits per heavy atom. The summed E-state index contributed by atoms with van der Waals surface area (Å²) in [6.07, 6.45) is 2.03. The maximum atomic E-state index is 13.9. The number of benzene rings is 2. The predicted molar refractivity (Wildman–Crippen MR) is 101 cm³/mol. The van der Waals surface area contributed by atoms with Gasteiger partial charge in [0.05, 0.1) is 11.4 Å². The van der Waals surface area contributed by atoms with Gasteiger partial charge < -0.3 is 10.6 Å². The standard InChI is InChI=1S/C20H20FN3S/c21-16-8-4-5-9-17(16)23-19-24-18(14-25-19)20(10-12-22-13-11-20)15-6-2-1-3-7-15/h1-9,14,22H,10-13H2,(H,23,24). The van der Waals surface area contributed by atoms with Crippen LogP contribution >= 0.6 is 11.3 Å². The Kier molecular flexibility index (Phi) is 4.51. The summed E-state index contributed by atoms with van der Waals surface area (Å²) in [5, 5.41) is 9.40. The van der Waals surface area contributed by atoms with Crippen LogP contribution in [0.3, 0.4) is 0 Å². The van der Waals surface area contributed by atoms with Crippen molar-refractivity contribution in [2.24, 2.45) is 0 Å². The van der Waals surface area contributed by atoms with Crippen LogP contribution in [0.5, 0.6) is 0 Å². The van der Waals surface area contributed by atoms with Gasteiger partial charge in [0.25, 0.3) is 0 Å². The molecule has 5 heteroatoms. The molecule has 2 N–H and O–H groups in total. The van der Waals surface area contributed by atoms with Gasteiger partial charge in [-0.2, -0.15) is 0 Å². The molecule has 25 heavy (non-hydrogen) atoms. The number of aromatic nitrogens is 1. The minimum atomic E-state index is -0.265. The minimum Gasteiger partial charge on any atom is -0.329 e. The van der Waals surface area contributed by atoms with E-state index >= 15 is 0 Å². The van der Waals surface area contributed by atoms with Crippen LogP contribution in [0.1, 0.15) is 24.1 Å². The van der Waals surface area contributed by atoms with Crippen LogP contribution in [0.15, 0.2) is 60.0 Å². The molecule has 3 nitrogen and oxygen atoms in total. The summed E-state index contributed by atoms with van der Waals surface area (Å²) in [6, 6.07) is 17.3. The van der Waals surface area contributed by atoms with Gasteiger partial charge in [0, 0.05) is 10.8 Å². The number of anilines is 2. The summed E-state index contributed by atoms with van der Waals surface area (Å²) in [6.45, 7) is 1.95. The van der Waals surface area contributed by atoms with Crippen LogP contribution in [0.2, 0.25) is 0 Å². The van der Waals surface area contributed by atoms with Gasteiger partial charge in [-0.15, -0.1) is 11.3 Å². The van der Waals surface area contributed by atoms with Gasteiger partial charge in [0.1, 0.15) is 5.82 Å². The van der Waals surface area contributed by atoms with E-state index in [2.05, 4.69) is 40.3 Å². The summed E-state index contributed by atoms with van der Waals surface area (Å²) >= 11 is 1.53. The van der Waals surface area contributed by atoms with Crippen LogP contribution in [0, 0.1) is 5.82 Å². The monoisotopic (exact) mass is 353 g/mol. The minimum absolute atomic E-state index is 0.0713. The number of rotatable bonds is 4. The molecule has 0 saturated carbocycles. The highest BCUT2D eigenvalue weighted by atomic mass is 32.1. The molecule has 1 fully saturated rings. The van der Waals surface area contributed by atoms with E-state index in [9.17, 15) is 4.39 Å². The summed E-state index contributed by atoms with van der Waals surface area (Å²) in [4.78, 5) is 4.83. The van der Waals surface area contributed by atoms with Crippen LogP contribution < -0.4 is 10.6 Å². The molecular formula is C20H20FN3S. The number of halogens is 1. The molecule has 1 aliphatic heterocycles. The Hall–Kier alpha value is -2.24. The Morgan fingerprint density at radius 1 is 1.00 bits per heavy atom. The largest absolute Gasteiger partial charge is 0.329 e. The quantitative estimate of drug-likeness (QED) is 0.714. The van der Waals surface area contributed by atoms with Crippen LogP contribution in [0.25, 0.3) is 0 Å². The molecule has 0 amide bonds. The van der Waals surface area contributed by atoms with E-state index < -0.39 is 0 Å². The van der Waals surface area contributed by atoms with E-state index in [1.807, 2.05) is 12.1 Å². The van der Waals surface area contributed by atoms with Gasteiger partial charge >= 0.3 is 0 Å². The Bertz CT molecular complexity index is 841. The lowest BCUT2D eigenvalue weighted by Crippen LogP contribution is -2.41. The highest BCUT2D eigenvalue weighted by molar-refractivity contribution is 7.13. The lowest BCUT2D eigenvalue weighted by atomic mass is 9.71. The van der Waals surface area contributed by atoms with Crippen molar-refractivity contribution >= 4 is 22.2 Å². The number of piperidine rings is 1. The Balaban J connectivity index is 1.68. The molecule has 4 rings (SSSR count). The van der Waals surface area contributed by atoms with Crippen molar-refractivity contribution in [3.05, 3.63) is 77.1 Å². The third-order valence-electron chi connectivity index (χ3n) is 4.89. The molecule has 1 aromatic heterocycles. The second kappa shape index (κ2) is 6.94. The highest BCUT2D eigenvalue weighted by Crippen LogP contribution is 2.41. The number of thiazole rings is 1. The molecule has 3 aromatic rings. The zero-order valence-electron chi connectivity index (χ0n) is 13.8. The predicted octanol–water partition coefficient (Wildman–Crippen LogP) is 4.70. The van der Waals surface area contributed by atoms with Crippen molar-refractivity contribution < 1.29 is 4.39 Å². The zero-order chi connectivity index (χ0) is 17.1. The fourth-order valence-corrected chi connectivity index (χ4v) is 4.35. The van der Waals surface area contributed by atoms with Crippen molar-refractivity contribution in [1.29, 1.82) is 0 Å². The molecule has 0 unspecified atom stereocenters. The fourth-order valence-electron chi connectivity index (χ4n) is 3.53. The van der Waals surface area contributed by atoms with Crippen molar-refractivity contribution in [1.82, 2.24) is 10.3 Å². The first-order valence-corrected chi connectivity index (χ1v) is 9.40. The van der Waals surface area contributed by atoms with E-state index in [0.717, 1.165) is 36.8 Å². The van der Waals surface area contributed by atoms with Crippen molar-refractivity contribution in [3.8, 4) is 0 Å². The molecule has 128 valence electrons. The Labute approximate surface area is 150 Å². The van der Waals surface area contributed by atoms with Crippen LogP contribution in [-0.4, -0.2) is 18.1 Å². The summed E-state index contributed by atoms with van der Waals surface area (Å²) in [5.74, 6) is -0.265. The van der Waals surface area contributed by atoms with E-state index in [4.69, 9.17) is 4.98 Å². The smallest absolute Gasteiger partial charge is 0.187 e. The zero-order valence-corrected chi connectivity index (χ0v) is 14.7. The summed E-state index contributed by atoms with van der Waals surface area (Å²) in [5.41, 5.74) is 2.77. The maximum Gasteiger partial charge on any atom is 0.187 e. The molecule has 2 heterocycles. The number of nitrogens with one attached hydrogen (secondary N) is 2. The van der Waals surface area contributed by atoms with Gasteiger partial charge in [-0.3, -0.25) is 0 Å². The second-order valence-corrected chi connectivity index (χ2v) is 7.20. The number of nitrogens with zero attached hydrogens (tertiary/aromatic N) is 1. The van der Waals surface area contributed by atoms with Gasteiger partial charge in [0.2, 0.25) is 0 Å². The number of para-hydroxylation sites is 1. The molecule has 1 saturated heterocycles. The molecule has 0 bridgehead atoms. The third-order valence-corrected chi connectivity index (χ3v) is 5.65. The molecular weight excluding hydrogens is 333 g/mol. The van der Waals surface area contributed by atoms with Gasteiger partial charge in [-0.05, 0) is 43.6 Å². The maximum absolute atomic E-state index is 13.9. The fraction of sp³-hybridized carbons (Fsp3) is 0.250. The molecule has 0 aliphatic carbocycles. The topological polar surface area (TPSA) is 37.0 Å². The van der Waals surface area contributed by atoms with Gasteiger partial charge in [-0.1, -0.05) is 42.5 Å². The normalized spacial score (nSPS) is 16.5. The first kappa shape index (κ1) is 16.2. The van der Waals surface area contributed by atoms with E-state index in [0.29, 0.717) is 5.69 Å². The average molecular weight is 353 g/mol. The molecule has 1 aliphatic rings. The van der Waals surface area contributed by atoms with E-state index in [1.165, 1.54) is 23.0 Å².